The van der Waals surface area contributed by atoms with Crippen molar-refractivity contribution < 1.29 is 19.1 Å². The first-order chi connectivity index (χ1) is 18.5. The molecule has 38 heavy (non-hydrogen) atoms. The Morgan fingerprint density at radius 3 is 2.95 bits per heavy atom. The maximum Gasteiger partial charge on any atom is 0.413 e. The lowest BCUT2D eigenvalue weighted by Crippen LogP contribution is -2.41. The molecule has 0 unspecified atom stereocenters. The molecule has 2 amide bonds. The van der Waals surface area contributed by atoms with Crippen LogP contribution in [0.3, 0.4) is 0 Å². The number of pyridine rings is 2. The van der Waals surface area contributed by atoms with Gasteiger partial charge in [0.15, 0.2) is 18.2 Å². The zero-order valence-electron chi connectivity index (χ0n) is 20.9. The first-order valence-corrected chi connectivity index (χ1v) is 12.6. The van der Waals surface area contributed by atoms with Crippen LogP contribution in [0.4, 0.5) is 16.4 Å². The molecule has 1 aliphatic carbocycles. The minimum Gasteiger partial charge on any atom is -0.480 e. The zero-order chi connectivity index (χ0) is 26.5. The van der Waals surface area contributed by atoms with Crippen molar-refractivity contribution in [1.82, 2.24) is 15.3 Å². The number of nitriles is 1. The SMILES string of the molecule is C[C@H]1CC[C@H](NCc2cccc(-c3ccc(C#N)cn3)c2)C[C@@H]1OC(=O)Nc1ccc2c(n1)NC(=O)CO2. The number of rotatable bonds is 6. The molecule has 3 N–H and O–H groups in total. The molecular weight excluding hydrogens is 484 g/mol. The van der Waals surface area contributed by atoms with Gasteiger partial charge in [-0.3, -0.25) is 15.1 Å². The molecule has 5 rings (SSSR count). The summed E-state index contributed by atoms with van der Waals surface area (Å²) in [5.41, 5.74) is 3.47. The first-order valence-electron chi connectivity index (χ1n) is 12.6. The molecule has 0 radical (unpaired) electrons. The maximum atomic E-state index is 12.6. The van der Waals surface area contributed by atoms with Gasteiger partial charge in [-0.2, -0.15) is 5.26 Å². The largest absolute Gasteiger partial charge is 0.480 e. The van der Waals surface area contributed by atoms with Gasteiger partial charge in [0.1, 0.15) is 18.0 Å². The molecule has 0 saturated heterocycles. The standard InChI is InChI=1S/C28H28N6O4/c1-17-5-7-21(30-14-18-3-2-4-20(11-18)22-8-6-19(13-29)15-31-22)12-24(17)38-28(36)33-25-10-9-23-27(32-25)34-26(35)16-37-23/h2-4,6,8-11,15,17,21,24,30H,5,7,12,14,16H2,1H3,(H2,32,33,34,35,36)/t17-,21-,24-/m0/s1. The van der Waals surface area contributed by atoms with E-state index in [0.717, 1.165) is 29.7 Å². The first kappa shape index (κ1) is 25.2. The van der Waals surface area contributed by atoms with Crippen molar-refractivity contribution in [3.8, 4) is 23.1 Å². The van der Waals surface area contributed by atoms with E-state index >= 15 is 0 Å². The highest BCUT2D eigenvalue weighted by Gasteiger charge is 2.30. The third-order valence-electron chi connectivity index (χ3n) is 6.80. The van der Waals surface area contributed by atoms with E-state index in [-0.39, 0.29) is 42.2 Å². The van der Waals surface area contributed by atoms with E-state index in [1.165, 1.54) is 0 Å². The highest BCUT2D eigenvalue weighted by molar-refractivity contribution is 5.94. The fourth-order valence-electron chi connectivity index (χ4n) is 4.67. The van der Waals surface area contributed by atoms with Crippen LogP contribution < -0.4 is 20.7 Å². The van der Waals surface area contributed by atoms with Crippen molar-refractivity contribution in [2.75, 3.05) is 17.2 Å². The topological polar surface area (TPSA) is 138 Å². The molecule has 194 valence electrons. The summed E-state index contributed by atoms with van der Waals surface area (Å²) < 4.78 is 11.1. The molecule has 10 heteroatoms. The van der Waals surface area contributed by atoms with Crippen molar-refractivity contribution >= 4 is 23.6 Å². The van der Waals surface area contributed by atoms with Gasteiger partial charge in [-0.15, -0.1) is 0 Å². The van der Waals surface area contributed by atoms with E-state index in [9.17, 15) is 9.59 Å². The summed E-state index contributed by atoms with van der Waals surface area (Å²) in [5.74, 6) is 0.936. The number of hydrogen-bond donors (Lipinski definition) is 3. The number of hydrogen-bond acceptors (Lipinski definition) is 8. The third kappa shape index (κ3) is 6.07. The van der Waals surface area contributed by atoms with E-state index in [4.69, 9.17) is 14.7 Å². The summed E-state index contributed by atoms with van der Waals surface area (Å²) in [6, 6.07) is 17.3. The second-order valence-electron chi connectivity index (χ2n) is 9.56. The van der Waals surface area contributed by atoms with Crippen LogP contribution in [0.25, 0.3) is 11.3 Å². The van der Waals surface area contributed by atoms with E-state index in [0.29, 0.717) is 24.3 Å². The highest BCUT2D eigenvalue weighted by Crippen LogP contribution is 2.29. The lowest BCUT2D eigenvalue weighted by atomic mass is 9.84. The van der Waals surface area contributed by atoms with Gasteiger partial charge in [-0.05, 0) is 54.7 Å². The minimum absolute atomic E-state index is 0.0575. The van der Waals surface area contributed by atoms with Crippen LogP contribution in [0.15, 0.2) is 54.7 Å². The number of amides is 2. The molecule has 0 bridgehead atoms. The van der Waals surface area contributed by atoms with Gasteiger partial charge < -0.3 is 20.1 Å². The van der Waals surface area contributed by atoms with Crippen LogP contribution in [0.5, 0.6) is 5.75 Å². The molecule has 3 heterocycles. The Balaban J connectivity index is 1.15. The number of nitrogens with zero attached hydrogens (tertiary/aromatic N) is 3. The predicted octanol–water partition coefficient (Wildman–Crippen LogP) is 4.24. The van der Waals surface area contributed by atoms with Crippen LogP contribution in [0.1, 0.15) is 37.3 Å². The fourth-order valence-corrected chi connectivity index (χ4v) is 4.67. The number of aromatic nitrogens is 2. The van der Waals surface area contributed by atoms with Gasteiger partial charge in [-0.1, -0.05) is 25.1 Å². The van der Waals surface area contributed by atoms with Crippen molar-refractivity contribution in [2.24, 2.45) is 5.92 Å². The number of nitrogens with one attached hydrogen (secondary N) is 3. The second-order valence-corrected chi connectivity index (χ2v) is 9.56. The molecule has 1 aromatic carbocycles. The van der Waals surface area contributed by atoms with Gasteiger partial charge in [-0.25, -0.2) is 9.78 Å². The number of benzene rings is 1. The molecule has 1 fully saturated rings. The number of carbonyl (C=O) groups excluding carboxylic acids is 2. The minimum atomic E-state index is -0.583. The summed E-state index contributed by atoms with van der Waals surface area (Å²) in [6.45, 7) is 2.71. The van der Waals surface area contributed by atoms with Gasteiger partial charge in [0.05, 0.1) is 11.3 Å². The third-order valence-corrected chi connectivity index (χ3v) is 6.80. The van der Waals surface area contributed by atoms with Crippen molar-refractivity contribution in [3.05, 3.63) is 65.9 Å². The van der Waals surface area contributed by atoms with Crippen molar-refractivity contribution in [1.29, 1.82) is 5.26 Å². The van der Waals surface area contributed by atoms with Crippen LogP contribution in [-0.4, -0.2) is 40.7 Å². The molecule has 2 aliphatic rings. The quantitative estimate of drug-likeness (QED) is 0.446. The molecule has 2 aromatic heterocycles. The van der Waals surface area contributed by atoms with Crippen molar-refractivity contribution in [2.45, 2.75) is 44.9 Å². The Labute approximate surface area is 220 Å². The zero-order valence-corrected chi connectivity index (χ0v) is 20.9. The Bertz CT molecular complexity index is 1370. The normalized spacial score (nSPS) is 20.3. The molecule has 0 spiro atoms. The van der Waals surface area contributed by atoms with E-state index < -0.39 is 6.09 Å². The van der Waals surface area contributed by atoms with Gasteiger partial charge in [0.25, 0.3) is 5.91 Å². The van der Waals surface area contributed by atoms with Gasteiger partial charge in [0, 0.05) is 30.8 Å². The van der Waals surface area contributed by atoms with Crippen LogP contribution in [0.2, 0.25) is 0 Å². The van der Waals surface area contributed by atoms with Gasteiger partial charge >= 0.3 is 6.09 Å². The lowest BCUT2D eigenvalue weighted by molar-refractivity contribution is -0.118. The monoisotopic (exact) mass is 512 g/mol. The van der Waals surface area contributed by atoms with Crippen LogP contribution in [0, 0.1) is 17.2 Å². The number of anilines is 2. The fraction of sp³-hybridized carbons (Fsp3) is 0.321. The highest BCUT2D eigenvalue weighted by atomic mass is 16.6. The summed E-state index contributed by atoms with van der Waals surface area (Å²) in [4.78, 5) is 32.8. The number of carbonyl (C=O) groups is 2. The smallest absolute Gasteiger partial charge is 0.413 e. The van der Waals surface area contributed by atoms with Gasteiger partial charge in [0.2, 0.25) is 0 Å². The summed E-state index contributed by atoms with van der Waals surface area (Å²) >= 11 is 0. The molecule has 3 atom stereocenters. The van der Waals surface area contributed by atoms with E-state index in [2.05, 4.69) is 51.0 Å². The Kier molecular flexibility index (Phi) is 7.47. The molecule has 3 aromatic rings. The van der Waals surface area contributed by atoms with Crippen molar-refractivity contribution in [3.63, 3.8) is 0 Å². The predicted molar refractivity (Wildman–Crippen MR) is 140 cm³/mol. The Morgan fingerprint density at radius 2 is 2.13 bits per heavy atom. The summed E-state index contributed by atoms with van der Waals surface area (Å²) in [7, 11) is 0. The Morgan fingerprint density at radius 1 is 1.24 bits per heavy atom. The van der Waals surface area contributed by atoms with Crippen LogP contribution in [-0.2, 0) is 16.1 Å². The average Bonchev–Trinajstić information content (AvgIpc) is 2.93. The van der Waals surface area contributed by atoms with E-state index in [1.54, 1.807) is 24.4 Å². The lowest BCUT2D eigenvalue weighted by Gasteiger charge is -2.34. The maximum absolute atomic E-state index is 12.6. The number of fused-ring (bicyclic) bond motifs is 1. The number of ether oxygens (including phenoxy) is 2. The molecular formula is C28H28N6O4. The Hall–Kier alpha value is -4.49. The summed E-state index contributed by atoms with van der Waals surface area (Å²) in [6.07, 6.45) is 3.38. The van der Waals surface area contributed by atoms with Crippen LogP contribution >= 0.6 is 0 Å². The molecule has 1 aliphatic heterocycles. The molecule has 1 saturated carbocycles. The second kappa shape index (κ2) is 11.3. The molecule has 10 nitrogen and oxygen atoms in total. The average molecular weight is 513 g/mol. The van der Waals surface area contributed by atoms with E-state index in [1.807, 2.05) is 18.2 Å². The summed E-state index contributed by atoms with van der Waals surface area (Å²) in [5, 5.41) is 17.9.